The third kappa shape index (κ3) is 5.08. The lowest BCUT2D eigenvalue weighted by atomic mass is 9.96. The molecule has 1 aliphatic rings. The van der Waals surface area contributed by atoms with Crippen molar-refractivity contribution in [3.8, 4) is 5.75 Å². The van der Waals surface area contributed by atoms with Gasteiger partial charge in [0, 0.05) is 30.4 Å². The van der Waals surface area contributed by atoms with E-state index in [4.69, 9.17) is 9.88 Å². The molecule has 0 radical (unpaired) electrons. The van der Waals surface area contributed by atoms with Crippen LogP contribution in [0.15, 0.2) is 59.8 Å². The fourth-order valence-corrected chi connectivity index (χ4v) is 4.64. The molecule has 2 atom stereocenters. The lowest BCUT2D eigenvalue weighted by Crippen LogP contribution is -2.40. The summed E-state index contributed by atoms with van der Waals surface area (Å²) in [6, 6.07) is 9.68. The van der Waals surface area contributed by atoms with Crippen LogP contribution in [-0.2, 0) is 14.8 Å². The van der Waals surface area contributed by atoms with Crippen LogP contribution in [0, 0.1) is 17.5 Å². The van der Waals surface area contributed by atoms with Gasteiger partial charge in [-0.25, -0.2) is 27.3 Å². The molecule has 0 saturated carbocycles. The highest BCUT2D eigenvalue weighted by molar-refractivity contribution is 7.89. The molecule has 1 fully saturated rings. The van der Waals surface area contributed by atoms with Gasteiger partial charge in [0.25, 0.3) is 10.0 Å². The van der Waals surface area contributed by atoms with E-state index in [2.05, 4.69) is 10.3 Å². The maximum absolute atomic E-state index is 14.5. The lowest BCUT2D eigenvalue weighted by molar-refractivity contribution is -0.117. The Morgan fingerprint density at radius 3 is 2.51 bits per heavy atom. The summed E-state index contributed by atoms with van der Waals surface area (Å²) in [5, 5.41) is 7.32. The summed E-state index contributed by atoms with van der Waals surface area (Å²) in [5.74, 6) is -3.85. The number of nitrogens with two attached hydrogens (primary N) is 1. The van der Waals surface area contributed by atoms with Crippen molar-refractivity contribution in [2.45, 2.75) is 23.4 Å². The van der Waals surface area contributed by atoms with Gasteiger partial charge in [-0.1, -0.05) is 12.1 Å². The second kappa shape index (κ2) is 9.55. The van der Waals surface area contributed by atoms with Gasteiger partial charge in [0.1, 0.15) is 11.9 Å². The number of ether oxygens (including phenoxy) is 1. The van der Waals surface area contributed by atoms with Gasteiger partial charge in [-0.15, -0.1) is 0 Å². The Kier molecular flexibility index (Phi) is 6.68. The van der Waals surface area contributed by atoms with Crippen molar-refractivity contribution in [1.82, 2.24) is 4.98 Å². The molecule has 0 unspecified atom stereocenters. The number of sulfonamides is 1. The standard InChI is InChI=1S/C23H21F3N4O4S/c1-34-22-18(7-6-17(25)21(22)26)30-12-14(13-2-4-15(24)5-3-13)10-19(30)23(31)29-16-8-9-28-20(11-16)35(27,32)33/h2-9,11,14,19H,10,12H2,1H3,(H2,27,32,33)(H,28,29,31)/t14-,19-/m0/s1. The van der Waals surface area contributed by atoms with Gasteiger partial charge in [0.2, 0.25) is 11.7 Å². The molecule has 35 heavy (non-hydrogen) atoms. The van der Waals surface area contributed by atoms with Crippen LogP contribution in [0.3, 0.4) is 0 Å². The molecule has 184 valence electrons. The minimum absolute atomic E-state index is 0.136. The van der Waals surface area contributed by atoms with Gasteiger partial charge in [0.15, 0.2) is 16.6 Å². The zero-order chi connectivity index (χ0) is 25.3. The largest absolute Gasteiger partial charge is 0.491 e. The summed E-state index contributed by atoms with van der Waals surface area (Å²) in [4.78, 5) is 18.6. The Bertz CT molecular complexity index is 1370. The number of nitrogens with one attached hydrogen (secondary N) is 1. The molecular weight excluding hydrogens is 485 g/mol. The molecule has 8 nitrogen and oxygen atoms in total. The van der Waals surface area contributed by atoms with Crippen molar-refractivity contribution >= 4 is 27.3 Å². The molecule has 1 aromatic heterocycles. The van der Waals surface area contributed by atoms with Crippen molar-refractivity contribution in [3.05, 3.63) is 77.7 Å². The number of hydrogen-bond donors (Lipinski definition) is 2. The third-order valence-electron chi connectivity index (χ3n) is 5.78. The summed E-state index contributed by atoms with van der Waals surface area (Å²) in [6.45, 7) is 0.226. The number of rotatable bonds is 6. The predicted octanol–water partition coefficient (Wildman–Crippen LogP) is 3.16. The molecule has 2 heterocycles. The smallest absolute Gasteiger partial charge is 0.255 e. The van der Waals surface area contributed by atoms with Gasteiger partial charge >= 0.3 is 0 Å². The normalized spacial score (nSPS) is 17.9. The molecule has 0 spiro atoms. The van der Waals surface area contributed by atoms with Crippen molar-refractivity contribution in [2.75, 3.05) is 23.9 Å². The molecule has 4 rings (SSSR count). The van der Waals surface area contributed by atoms with Crippen LogP contribution in [-0.4, -0.2) is 39.0 Å². The molecule has 0 aliphatic carbocycles. The van der Waals surface area contributed by atoms with Crippen LogP contribution in [0.2, 0.25) is 0 Å². The number of amides is 1. The number of anilines is 2. The summed E-state index contributed by atoms with van der Waals surface area (Å²) in [7, 11) is -2.91. The van der Waals surface area contributed by atoms with Crippen LogP contribution in [0.1, 0.15) is 17.9 Å². The average molecular weight is 507 g/mol. The number of methoxy groups -OCH3 is 1. The number of aromatic nitrogens is 1. The highest BCUT2D eigenvalue weighted by Gasteiger charge is 2.39. The Balaban J connectivity index is 1.70. The van der Waals surface area contributed by atoms with E-state index in [0.717, 1.165) is 17.7 Å². The average Bonchev–Trinajstić information content (AvgIpc) is 3.26. The molecule has 3 aromatic rings. The molecule has 2 aromatic carbocycles. The molecule has 0 bridgehead atoms. The highest BCUT2D eigenvalue weighted by Crippen LogP contribution is 2.41. The minimum Gasteiger partial charge on any atom is -0.491 e. The molecular formula is C23H21F3N4O4S. The summed E-state index contributed by atoms with van der Waals surface area (Å²) in [6.07, 6.45) is 1.44. The van der Waals surface area contributed by atoms with E-state index in [9.17, 15) is 26.4 Å². The number of primary sulfonamides is 1. The molecule has 3 N–H and O–H groups in total. The number of pyridine rings is 1. The number of nitrogens with zero attached hydrogens (tertiary/aromatic N) is 2. The van der Waals surface area contributed by atoms with E-state index in [1.165, 1.54) is 37.6 Å². The van der Waals surface area contributed by atoms with E-state index in [0.29, 0.717) is 0 Å². The predicted molar refractivity (Wildman–Crippen MR) is 122 cm³/mol. The Hall–Kier alpha value is -3.64. The number of halogens is 3. The van der Waals surface area contributed by atoms with Crippen molar-refractivity contribution in [2.24, 2.45) is 5.14 Å². The topological polar surface area (TPSA) is 115 Å². The van der Waals surface area contributed by atoms with E-state index >= 15 is 0 Å². The highest BCUT2D eigenvalue weighted by atomic mass is 32.2. The third-order valence-corrected chi connectivity index (χ3v) is 6.59. The van der Waals surface area contributed by atoms with Crippen LogP contribution < -0.4 is 20.1 Å². The first kappa shape index (κ1) is 24.5. The van der Waals surface area contributed by atoms with Gasteiger partial charge in [-0.05, 0) is 42.3 Å². The maximum atomic E-state index is 14.5. The Labute approximate surface area is 199 Å². The van der Waals surface area contributed by atoms with Crippen LogP contribution in [0.25, 0.3) is 0 Å². The minimum atomic E-state index is -4.10. The Morgan fingerprint density at radius 1 is 1.14 bits per heavy atom. The summed E-state index contributed by atoms with van der Waals surface area (Å²) >= 11 is 0. The first-order chi connectivity index (χ1) is 16.6. The molecule has 1 aliphatic heterocycles. The number of carbonyl (C=O) groups is 1. The van der Waals surface area contributed by atoms with Crippen LogP contribution in [0.4, 0.5) is 24.5 Å². The Morgan fingerprint density at radius 2 is 1.86 bits per heavy atom. The molecule has 12 heteroatoms. The first-order valence-corrected chi connectivity index (χ1v) is 12.0. The van der Waals surface area contributed by atoms with Crippen molar-refractivity contribution in [3.63, 3.8) is 0 Å². The van der Waals surface area contributed by atoms with Crippen LogP contribution in [0.5, 0.6) is 5.75 Å². The van der Waals surface area contributed by atoms with Crippen LogP contribution >= 0.6 is 0 Å². The van der Waals surface area contributed by atoms with E-state index in [-0.39, 0.29) is 36.0 Å². The number of hydrogen-bond acceptors (Lipinski definition) is 6. The van der Waals surface area contributed by atoms with E-state index in [1.54, 1.807) is 17.0 Å². The number of benzene rings is 2. The summed E-state index contributed by atoms with van der Waals surface area (Å²) in [5.41, 5.74) is 1.06. The van der Waals surface area contributed by atoms with Gasteiger partial charge in [-0.3, -0.25) is 4.79 Å². The van der Waals surface area contributed by atoms with E-state index in [1.807, 2.05) is 0 Å². The van der Waals surface area contributed by atoms with Gasteiger partial charge < -0.3 is 15.0 Å². The van der Waals surface area contributed by atoms with Gasteiger partial charge in [0.05, 0.1) is 12.8 Å². The van der Waals surface area contributed by atoms with Crippen molar-refractivity contribution in [1.29, 1.82) is 0 Å². The quantitative estimate of drug-likeness (QED) is 0.531. The SMILES string of the molecule is COc1c(N2C[C@@H](c3ccc(F)cc3)C[C@H]2C(=O)Nc2ccnc(S(N)(=O)=O)c2)ccc(F)c1F. The maximum Gasteiger partial charge on any atom is 0.255 e. The zero-order valence-electron chi connectivity index (χ0n) is 18.4. The zero-order valence-corrected chi connectivity index (χ0v) is 19.2. The fourth-order valence-electron chi connectivity index (χ4n) is 4.14. The van der Waals surface area contributed by atoms with Crippen molar-refractivity contribution < 1.29 is 31.1 Å². The number of carbonyl (C=O) groups excluding carboxylic acids is 1. The molecule has 1 amide bonds. The second-order valence-electron chi connectivity index (χ2n) is 7.98. The molecule has 1 saturated heterocycles. The first-order valence-electron chi connectivity index (χ1n) is 10.4. The van der Waals surface area contributed by atoms with Gasteiger partial charge in [-0.2, -0.15) is 4.39 Å². The van der Waals surface area contributed by atoms with E-state index < -0.39 is 44.4 Å². The summed E-state index contributed by atoms with van der Waals surface area (Å²) < 4.78 is 70.0. The second-order valence-corrected chi connectivity index (χ2v) is 9.49. The fraction of sp³-hybridized carbons (Fsp3) is 0.217. The monoisotopic (exact) mass is 506 g/mol. The lowest BCUT2D eigenvalue weighted by Gasteiger charge is -2.27.